The number of carbonyl (C=O) groups is 1. The third kappa shape index (κ3) is 2.61. The van der Waals surface area contributed by atoms with Crippen LogP contribution in [0, 0.1) is 5.92 Å². The molecule has 1 aromatic rings. The highest BCUT2D eigenvalue weighted by atomic mass is 32.1. The highest BCUT2D eigenvalue weighted by molar-refractivity contribution is 7.17. The second-order valence-electron chi connectivity index (χ2n) is 4.75. The minimum Gasteiger partial charge on any atom is -0.345 e. The van der Waals surface area contributed by atoms with Crippen LogP contribution in [0.5, 0.6) is 0 Å². The first-order valence-corrected chi connectivity index (χ1v) is 6.63. The van der Waals surface area contributed by atoms with E-state index in [4.69, 9.17) is 0 Å². The summed E-state index contributed by atoms with van der Waals surface area (Å²) in [6.45, 7) is 7.04. The summed E-state index contributed by atoms with van der Waals surface area (Å²) in [6.07, 6.45) is 4.38. The van der Waals surface area contributed by atoms with Crippen LogP contribution in [0.15, 0.2) is 6.20 Å². The van der Waals surface area contributed by atoms with E-state index in [1.807, 2.05) is 0 Å². The maximum Gasteiger partial charge on any atom is 0.186 e. The Bertz CT molecular complexity index is 382. The van der Waals surface area contributed by atoms with E-state index < -0.39 is 0 Å². The fourth-order valence-electron chi connectivity index (χ4n) is 1.65. The Morgan fingerprint density at radius 2 is 2.31 bits per heavy atom. The van der Waals surface area contributed by atoms with Gasteiger partial charge in [0.1, 0.15) is 0 Å². The van der Waals surface area contributed by atoms with E-state index in [1.165, 1.54) is 24.2 Å². The molecule has 0 radical (unpaired) electrons. The quantitative estimate of drug-likeness (QED) is 0.739. The fraction of sp³-hybridized carbons (Fsp3) is 0.667. The first-order chi connectivity index (χ1) is 7.58. The summed E-state index contributed by atoms with van der Waals surface area (Å²) in [4.78, 5) is 18.7. The number of carbonyl (C=O) groups excluding carboxylic acids is 1. The molecule has 0 amide bonds. The molecule has 1 heterocycles. The van der Waals surface area contributed by atoms with Gasteiger partial charge in [0.05, 0.1) is 11.1 Å². The van der Waals surface area contributed by atoms with Gasteiger partial charge in [0, 0.05) is 19.5 Å². The summed E-state index contributed by atoms with van der Waals surface area (Å²) in [5.74, 6) is 0.950. The smallest absolute Gasteiger partial charge is 0.186 e. The average Bonchev–Trinajstić information content (AvgIpc) is 2.89. The predicted octanol–water partition coefficient (Wildman–Crippen LogP) is 2.97. The average molecular weight is 238 g/mol. The van der Waals surface area contributed by atoms with Crippen molar-refractivity contribution in [3.8, 4) is 0 Å². The SMILES string of the molecule is CC(=O)c1cnc(N(CC2CC2)C(C)C)s1. The van der Waals surface area contributed by atoms with Crippen molar-refractivity contribution in [2.75, 3.05) is 11.4 Å². The van der Waals surface area contributed by atoms with E-state index in [0.717, 1.165) is 22.5 Å². The van der Waals surface area contributed by atoms with Gasteiger partial charge >= 0.3 is 0 Å². The Labute approximate surface area is 100 Å². The van der Waals surface area contributed by atoms with Crippen LogP contribution >= 0.6 is 11.3 Å². The van der Waals surface area contributed by atoms with Crippen LogP contribution in [0.25, 0.3) is 0 Å². The largest absolute Gasteiger partial charge is 0.345 e. The molecule has 0 atom stereocenters. The lowest BCUT2D eigenvalue weighted by molar-refractivity contribution is 0.102. The van der Waals surface area contributed by atoms with Crippen molar-refractivity contribution in [1.29, 1.82) is 0 Å². The Hall–Kier alpha value is -0.900. The summed E-state index contributed by atoms with van der Waals surface area (Å²) in [5, 5.41) is 0.993. The zero-order chi connectivity index (χ0) is 11.7. The van der Waals surface area contributed by atoms with Crippen LogP contribution in [0.3, 0.4) is 0 Å². The predicted molar refractivity (Wildman–Crippen MR) is 67.3 cm³/mol. The standard InChI is InChI=1S/C12H18N2OS/c1-8(2)14(7-10-4-5-10)12-13-6-11(16-12)9(3)15/h6,8,10H,4-5,7H2,1-3H3. The normalized spacial score (nSPS) is 15.5. The van der Waals surface area contributed by atoms with Crippen LogP contribution in [0.1, 0.15) is 43.3 Å². The topological polar surface area (TPSA) is 33.2 Å². The van der Waals surface area contributed by atoms with E-state index >= 15 is 0 Å². The maximum absolute atomic E-state index is 11.2. The number of thiazole rings is 1. The molecular formula is C12H18N2OS. The highest BCUT2D eigenvalue weighted by Crippen LogP contribution is 2.33. The molecule has 1 fully saturated rings. The summed E-state index contributed by atoms with van der Waals surface area (Å²) in [6, 6.07) is 0.451. The van der Waals surface area contributed by atoms with Gasteiger partial charge in [-0.1, -0.05) is 11.3 Å². The van der Waals surface area contributed by atoms with Gasteiger partial charge in [0.15, 0.2) is 10.9 Å². The zero-order valence-corrected chi connectivity index (χ0v) is 10.9. The lowest BCUT2D eigenvalue weighted by Gasteiger charge is -2.25. The lowest BCUT2D eigenvalue weighted by atomic mass is 10.3. The van der Waals surface area contributed by atoms with E-state index in [2.05, 4.69) is 23.7 Å². The van der Waals surface area contributed by atoms with Gasteiger partial charge in [-0.05, 0) is 32.6 Å². The van der Waals surface area contributed by atoms with Gasteiger partial charge in [0.2, 0.25) is 0 Å². The van der Waals surface area contributed by atoms with E-state index in [-0.39, 0.29) is 5.78 Å². The second-order valence-corrected chi connectivity index (χ2v) is 5.76. The van der Waals surface area contributed by atoms with Gasteiger partial charge in [-0.15, -0.1) is 0 Å². The van der Waals surface area contributed by atoms with Gasteiger partial charge in [-0.3, -0.25) is 4.79 Å². The van der Waals surface area contributed by atoms with Crippen molar-refractivity contribution in [2.24, 2.45) is 5.92 Å². The Kier molecular flexibility index (Phi) is 3.28. The van der Waals surface area contributed by atoms with Crippen LogP contribution in [-0.4, -0.2) is 23.4 Å². The number of hydrogen-bond donors (Lipinski definition) is 0. The number of Topliss-reactive ketones (excluding diaryl/α,β-unsaturated/α-hetero) is 1. The van der Waals surface area contributed by atoms with Crippen LogP contribution < -0.4 is 4.90 Å². The first-order valence-electron chi connectivity index (χ1n) is 5.81. The lowest BCUT2D eigenvalue weighted by Crippen LogP contribution is -2.32. The molecule has 0 aromatic carbocycles. The molecule has 1 aromatic heterocycles. The molecule has 0 N–H and O–H groups in total. The third-order valence-corrected chi connectivity index (χ3v) is 4.00. The maximum atomic E-state index is 11.2. The number of rotatable bonds is 5. The first kappa shape index (κ1) is 11.6. The summed E-state index contributed by atoms with van der Waals surface area (Å²) >= 11 is 1.51. The molecule has 0 spiro atoms. The number of aromatic nitrogens is 1. The van der Waals surface area contributed by atoms with Crippen LogP contribution in [0.4, 0.5) is 5.13 Å². The molecule has 88 valence electrons. The molecule has 1 aliphatic rings. The van der Waals surface area contributed by atoms with Crippen molar-refractivity contribution in [2.45, 2.75) is 39.7 Å². The molecule has 1 aliphatic carbocycles. The Morgan fingerprint density at radius 3 is 2.75 bits per heavy atom. The molecule has 0 saturated heterocycles. The van der Waals surface area contributed by atoms with Gasteiger partial charge in [-0.2, -0.15) is 0 Å². The Balaban J connectivity index is 2.13. The molecule has 4 heteroatoms. The minimum atomic E-state index is 0.110. The molecule has 3 nitrogen and oxygen atoms in total. The number of nitrogens with zero attached hydrogens (tertiary/aromatic N) is 2. The van der Waals surface area contributed by atoms with Gasteiger partial charge < -0.3 is 4.90 Å². The monoisotopic (exact) mass is 238 g/mol. The van der Waals surface area contributed by atoms with E-state index in [0.29, 0.717) is 6.04 Å². The molecule has 0 aliphatic heterocycles. The Morgan fingerprint density at radius 1 is 1.62 bits per heavy atom. The van der Waals surface area contributed by atoms with Gasteiger partial charge in [0.25, 0.3) is 0 Å². The van der Waals surface area contributed by atoms with Crippen molar-refractivity contribution >= 4 is 22.3 Å². The van der Waals surface area contributed by atoms with Crippen molar-refractivity contribution < 1.29 is 4.79 Å². The van der Waals surface area contributed by atoms with Gasteiger partial charge in [-0.25, -0.2) is 4.98 Å². The number of anilines is 1. The van der Waals surface area contributed by atoms with Crippen LogP contribution in [0.2, 0.25) is 0 Å². The molecule has 0 bridgehead atoms. The van der Waals surface area contributed by atoms with E-state index in [1.54, 1.807) is 13.1 Å². The summed E-state index contributed by atoms with van der Waals surface area (Å²) < 4.78 is 0. The fourth-order valence-corrected chi connectivity index (χ4v) is 2.60. The molecule has 1 saturated carbocycles. The second kappa shape index (κ2) is 4.53. The third-order valence-electron chi connectivity index (χ3n) is 2.86. The zero-order valence-electron chi connectivity index (χ0n) is 10.1. The van der Waals surface area contributed by atoms with Crippen LogP contribution in [-0.2, 0) is 0 Å². The van der Waals surface area contributed by atoms with Crippen molar-refractivity contribution in [3.63, 3.8) is 0 Å². The molecule has 2 rings (SSSR count). The van der Waals surface area contributed by atoms with Crippen molar-refractivity contribution in [1.82, 2.24) is 4.98 Å². The highest BCUT2D eigenvalue weighted by Gasteiger charge is 2.27. The number of ketones is 1. The summed E-state index contributed by atoms with van der Waals surface area (Å²) in [7, 11) is 0. The summed E-state index contributed by atoms with van der Waals surface area (Å²) in [5.41, 5.74) is 0. The molecule has 0 unspecified atom stereocenters. The molecule has 16 heavy (non-hydrogen) atoms. The minimum absolute atomic E-state index is 0.110. The number of hydrogen-bond acceptors (Lipinski definition) is 4. The van der Waals surface area contributed by atoms with E-state index in [9.17, 15) is 4.79 Å². The molecular weight excluding hydrogens is 220 g/mol. The van der Waals surface area contributed by atoms with Crippen molar-refractivity contribution in [3.05, 3.63) is 11.1 Å².